The van der Waals surface area contributed by atoms with Crippen molar-refractivity contribution in [3.8, 4) is 5.75 Å². The summed E-state index contributed by atoms with van der Waals surface area (Å²) in [6.07, 6.45) is 0. The van der Waals surface area contributed by atoms with E-state index in [1.165, 1.54) is 11.1 Å². The van der Waals surface area contributed by atoms with Crippen molar-refractivity contribution in [3.05, 3.63) is 70.0 Å². The lowest BCUT2D eigenvalue weighted by atomic mass is 10.1. The zero-order valence-electron chi connectivity index (χ0n) is 14.5. The van der Waals surface area contributed by atoms with Gasteiger partial charge in [0.05, 0.1) is 0 Å². The highest BCUT2D eigenvalue weighted by molar-refractivity contribution is 7.98. The van der Waals surface area contributed by atoms with Crippen LogP contribution in [0.2, 0.25) is 5.02 Å². The number of hydrogen-bond donors (Lipinski definition) is 0. The smallest absolute Gasteiger partial charge is 0.191 e. The summed E-state index contributed by atoms with van der Waals surface area (Å²) in [5, 5.41) is 10.1. The Bertz CT molecular complexity index is 879. The molecule has 0 N–H and O–H groups in total. The van der Waals surface area contributed by atoms with Gasteiger partial charge in [0.2, 0.25) is 0 Å². The van der Waals surface area contributed by atoms with Crippen LogP contribution in [0.25, 0.3) is 0 Å². The molecule has 0 aliphatic rings. The zero-order valence-corrected chi connectivity index (χ0v) is 16.1. The third-order valence-electron chi connectivity index (χ3n) is 4.03. The highest BCUT2D eigenvalue weighted by Crippen LogP contribution is 2.23. The number of aromatic nitrogens is 3. The average Bonchev–Trinajstić information content (AvgIpc) is 2.94. The molecule has 0 atom stereocenters. The number of benzene rings is 2. The van der Waals surface area contributed by atoms with Gasteiger partial charge in [-0.3, -0.25) is 0 Å². The second-order valence-corrected chi connectivity index (χ2v) is 7.29. The Morgan fingerprint density at radius 2 is 1.92 bits per heavy atom. The Kier molecular flexibility index (Phi) is 5.66. The van der Waals surface area contributed by atoms with Gasteiger partial charge < -0.3 is 9.30 Å². The monoisotopic (exact) mass is 373 g/mol. The SMILES string of the molecule is Cc1ccc(OCc2nnc(SCc3cccc(Cl)c3)n2C)cc1C. The first kappa shape index (κ1) is 17.8. The fraction of sp³-hybridized carbons (Fsp3) is 0.263. The van der Waals surface area contributed by atoms with Crippen molar-refractivity contribution in [2.45, 2.75) is 31.4 Å². The number of halogens is 1. The Hall–Kier alpha value is -1.98. The number of aryl methyl sites for hydroxylation is 2. The summed E-state index contributed by atoms with van der Waals surface area (Å²) < 4.78 is 7.82. The number of thioether (sulfide) groups is 1. The molecule has 3 aromatic rings. The summed E-state index contributed by atoms with van der Waals surface area (Å²) in [7, 11) is 1.96. The predicted octanol–water partition coefficient (Wildman–Crippen LogP) is 4.96. The van der Waals surface area contributed by atoms with Crippen LogP contribution >= 0.6 is 23.4 Å². The number of hydrogen-bond acceptors (Lipinski definition) is 4. The maximum atomic E-state index is 6.02. The number of rotatable bonds is 6. The van der Waals surface area contributed by atoms with Crippen molar-refractivity contribution in [2.24, 2.45) is 7.05 Å². The molecule has 1 aromatic heterocycles. The van der Waals surface area contributed by atoms with Crippen molar-refractivity contribution in [1.29, 1.82) is 0 Å². The highest BCUT2D eigenvalue weighted by atomic mass is 35.5. The summed E-state index contributed by atoms with van der Waals surface area (Å²) in [6, 6.07) is 13.9. The van der Waals surface area contributed by atoms with Gasteiger partial charge in [-0.25, -0.2) is 0 Å². The number of ether oxygens (including phenoxy) is 1. The first-order valence-electron chi connectivity index (χ1n) is 7.98. The molecule has 130 valence electrons. The van der Waals surface area contributed by atoms with E-state index in [4.69, 9.17) is 16.3 Å². The Morgan fingerprint density at radius 1 is 1.08 bits per heavy atom. The standard InChI is InChI=1S/C19H20ClN3OS/c1-13-7-8-17(9-14(13)2)24-11-18-21-22-19(23(18)3)25-12-15-5-4-6-16(20)10-15/h4-10H,11-12H2,1-3H3. The first-order valence-corrected chi connectivity index (χ1v) is 9.35. The summed E-state index contributed by atoms with van der Waals surface area (Å²) >= 11 is 7.65. The second-order valence-electron chi connectivity index (χ2n) is 5.91. The molecule has 25 heavy (non-hydrogen) atoms. The lowest BCUT2D eigenvalue weighted by Crippen LogP contribution is -2.04. The van der Waals surface area contributed by atoms with Crippen molar-refractivity contribution in [1.82, 2.24) is 14.8 Å². The summed E-state index contributed by atoms with van der Waals surface area (Å²) in [5.74, 6) is 2.44. The van der Waals surface area contributed by atoms with E-state index >= 15 is 0 Å². The van der Waals surface area contributed by atoms with E-state index in [9.17, 15) is 0 Å². The molecule has 0 unspecified atom stereocenters. The van der Waals surface area contributed by atoms with Gasteiger partial charge in [0.1, 0.15) is 12.4 Å². The molecule has 0 aliphatic heterocycles. The molecule has 0 radical (unpaired) electrons. The van der Waals surface area contributed by atoms with E-state index in [1.54, 1.807) is 11.8 Å². The fourth-order valence-electron chi connectivity index (χ4n) is 2.32. The molecule has 0 aliphatic carbocycles. The Morgan fingerprint density at radius 3 is 2.68 bits per heavy atom. The number of nitrogens with zero attached hydrogens (tertiary/aromatic N) is 3. The van der Waals surface area contributed by atoms with Crippen LogP contribution in [0.4, 0.5) is 0 Å². The van der Waals surface area contributed by atoms with Gasteiger partial charge in [-0.2, -0.15) is 0 Å². The highest BCUT2D eigenvalue weighted by Gasteiger charge is 2.10. The summed E-state index contributed by atoms with van der Waals surface area (Å²) in [5.41, 5.74) is 3.63. The van der Waals surface area contributed by atoms with Crippen LogP contribution in [0.15, 0.2) is 47.6 Å². The third kappa shape index (κ3) is 4.55. The van der Waals surface area contributed by atoms with Crippen LogP contribution in [0.1, 0.15) is 22.5 Å². The van der Waals surface area contributed by atoms with Gasteiger partial charge in [-0.05, 0) is 54.8 Å². The minimum absolute atomic E-state index is 0.393. The largest absolute Gasteiger partial charge is 0.486 e. The van der Waals surface area contributed by atoms with Gasteiger partial charge in [-0.15, -0.1) is 10.2 Å². The first-order chi connectivity index (χ1) is 12.0. The minimum atomic E-state index is 0.393. The van der Waals surface area contributed by atoms with Crippen LogP contribution in [-0.2, 0) is 19.4 Å². The quantitative estimate of drug-likeness (QED) is 0.573. The van der Waals surface area contributed by atoms with E-state index in [-0.39, 0.29) is 0 Å². The molecular weight excluding hydrogens is 354 g/mol. The summed E-state index contributed by atoms with van der Waals surface area (Å²) in [4.78, 5) is 0. The molecule has 0 saturated carbocycles. The summed E-state index contributed by atoms with van der Waals surface area (Å²) in [6.45, 7) is 4.56. The van der Waals surface area contributed by atoms with E-state index in [1.807, 2.05) is 41.9 Å². The molecule has 1 heterocycles. The maximum absolute atomic E-state index is 6.02. The van der Waals surface area contributed by atoms with E-state index < -0.39 is 0 Å². The van der Waals surface area contributed by atoms with Crippen LogP contribution < -0.4 is 4.74 Å². The predicted molar refractivity (Wildman–Crippen MR) is 102 cm³/mol. The molecule has 0 fully saturated rings. The lowest BCUT2D eigenvalue weighted by molar-refractivity contribution is 0.290. The minimum Gasteiger partial charge on any atom is -0.486 e. The van der Waals surface area contributed by atoms with Crippen molar-refractivity contribution in [3.63, 3.8) is 0 Å². The molecule has 3 rings (SSSR count). The molecular formula is C19H20ClN3OS. The lowest BCUT2D eigenvalue weighted by Gasteiger charge is -2.08. The fourth-order valence-corrected chi connectivity index (χ4v) is 3.41. The van der Waals surface area contributed by atoms with E-state index in [2.05, 4.69) is 36.2 Å². The molecule has 0 bridgehead atoms. The van der Waals surface area contributed by atoms with Gasteiger partial charge in [0, 0.05) is 17.8 Å². The van der Waals surface area contributed by atoms with Gasteiger partial charge in [0.15, 0.2) is 11.0 Å². The zero-order chi connectivity index (χ0) is 17.8. The molecule has 0 saturated heterocycles. The van der Waals surface area contributed by atoms with Crippen molar-refractivity contribution in [2.75, 3.05) is 0 Å². The molecule has 0 spiro atoms. The van der Waals surface area contributed by atoms with Crippen LogP contribution in [0.3, 0.4) is 0 Å². The van der Waals surface area contributed by atoms with Gasteiger partial charge in [-0.1, -0.05) is 41.6 Å². The van der Waals surface area contributed by atoms with Crippen molar-refractivity contribution < 1.29 is 4.74 Å². The normalized spacial score (nSPS) is 10.9. The average molecular weight is 374 g/mol. The van der Waals surface area contributed by atoms with Gasteiger partial charge in [0.25, 0.3) is 0 Å². The topological polar surface area (TPSA) is 39.9 Å². The molecule has 4 nitrogen and oxygen atoms in total. The molecule has 2 aromatic carbocycles. The van der Waals surface area contributed by atoms with Crippen LogP contribution in [0, 0.1) is 13.8 Å². The van der Waals surface area contributed by atoms with Gasteiger partial charge >= 0.3 is 0 Å². The Labute approximate surface area is 157 Å². The maximum Gasteiger partial charge on any atom is 0.191 e. The van der Waals surface area contributed by atoms with E-state index in [0.717, 1.165) is 33.1 Å². The molecule has 6 heteroatoms. The molecule has 0 amide bonds. The second kappa shape index (κ2) is 7.93. The third-order valence-corrected chi connectivity index (χ3v) is 5.35. The van der Waals surface area contributed by atoms with E-state index in [0.29, 0.717) is 6.61 Å². The van der Waals surface area contributed by atoms with Crippen LogP contribution in [-0.4, -0.2) is 14.8 Å². The van der Waals surface area contributed by atoms with Crippen LogP contribution in [0.5, 0.6) is 5.75 Å². The van der Waals surface area contributed by atoms with Crippen molar-refractivity contribution >= 4 is 23.4 Å². The Balaban J connectivity index is 1.61.